The van der Waals surface area contributed by atoms with E-state index in [1.807, 2.05) is 6.92 Å². The Morgan fingerprint density at radius 3 is 2.67 bits per heavy atom. The third-order valence-corrected chi connectivity index (χ3v) is 4.17. The Bertz CT molecular complexity index is 976. The number of carbonyl (C=O) groups is 1. The smallest absolute Gasteiger partial charge is 0.254 e. The quantitative estimate of drug-likeness (QED) is 0.681. The number of aryl methyl sites for hydroxylation is 1. The Kier molecular flexibility index (Phi) is 3.56. The van der Waals surface area contributed by atoms with Crippen molar-refractivity contribution < 1.29 is 14.6 Å². The molecule has 3 rings (SSSR count). The van der Waals surface area contributed by atoms with Crippen LogP contribution in [-0.4, -0.2) is 27.5 Å². The van der Waals surface area contributed by atoms with E-state index >= 15 is 0 Å². The van der Waals surface area contributed by atoms with Gasteiger partial charge in [0.25, 0.3) is 5.91 Å². The number of aromatic nitrogens is 2. The number of pyridine rings is 1. The molecule has 124 valence electrons. The summed E-state index contributed by atoms with van der Waals surface area (Å²) in [6.45, 7) is 3.69. The Morgan fingerprint density at radius 1 is 1.33 bits per heavy atom. The van der Waals surface area contributed by atoms with Crippen molar-refractivity contribution in [2.45, 2.75) is 13.8 Å². The predicted molar refractivity (Wildman–Crippen MR) is 91.2 cm³/mol. The zero-order chi connectivity index (χ0) is 17.6. The van der Waals surface area contributed by atoms with Crippen LogP contribution in [0.15, 0.2) is 24.5 Å². The minimum atomic E-state index is -0.678. The lowest BCUT2D eigenvalue weighted by molar-refractivity contribution is 0.100. The van der Waals surface area contributed by atoms with Gasteiger partial charge in [-0.15, -0.1) is 0 Å². The highest BCUT2D eigenvalue weighted by Crippen LogP contribution is 2.38. The standard InChI is InChI=1S/C17H18N4O3/c1-8-4-5-11(22)9(2)13(8)10-7-21-12(24-3)6-20-17(21)14(15(10)18)16(19)23/h4-7,22H,18H2,1-3H3,(H2,19,23). The number of imidazole rings is 1. The number of methoxy groups -OCH3 is 1. The van der Waals surface area contributed by atoms with Crippen LogP contribution in [-0.2, 0) is 0 Å². The molecule has 0 atom stereocenters. The fraction of sp³-hybridized carbons (Fsp3) is 0.176. The Labute approximate surface area is 138 Å². The highest BCUT2D eigenvalue weighted by atomic mass is 16.5. The van der Waals surface area contributed by atoms with Crippen LogP contribution in [0.25, 0.3) is 16.8 Å². The van der Waals surface area contributed by atoms with Crippen molar-refractivity contribution in [2.24, 2.45) is 5.73 Å². The molecule has 0 aliphatic carbocycles. The number of nitrogens with zero attached hydrogens (tertiary/aromatic N) is 2. The van der Waals surface area contributed by atoms with E-state index in [1.54, 1.807) is 29.7 Å². The van der Waals surface area contributed by atoms with Crippen LogP contribution in [0.2, 0.25) is 0 Å². The molecule has 24 heavy (non-hydrogen) atoms. The van der Waals surface area contributed by atoms with E-state index in [1.165, 1.54) is 13.3 Å². The van der Waals surface area contributed by atoms with E-state index in [0.717, 1.165) is 11.1 Å². The van der Waals surface area contributed by atoms with Crippen molar-refractivity contribution in [1.29, 1.82) is 0 Å². The number of hydrogen-bond acceptors (Lipinski definition) is 5. The van der Waals surface area contributed by atoms with Crippen molar-refractivity contribution >= 4 is 17.2 Å². The average Bonchev–Trinajstić information content (AvgIpc) is 2.93. The number of nitrogen functional groups attached to an aromatic ring is 1. The summed E-state index contributed by atoms with van der Waals surface area (Å²) in [5, 5.41) is 10.1. The van der Waals surface area contributed by atoms with Gasteiger partial charge in [0.2, 0.25) is 5.88 Å². The summed E-state index contributed by atoms with van der Waals surface area (Å²) in [6.07, 6.45) is 3.23. The number of amides is 1. The van der Waals surface area contributed by atoms with Gasteiger partial charge in [0.05, 0.1) is 19.0 Å². The number of fused-ring (bicyclic) bond motifs is 1. The van der Waals surface area contributed by atoms with Crippen LogP contribution in [0.4, 0.5) is 5.69 Å². The van der Waals surface area contributed by atoms with Crippen molar-refractivity contribution in [1.82, 2.24) is 9.38 Å². The molecule has 1 aromatic carbocycles. The molecular weight excluding hydrogens is 308 g/mol. The molecule has 0 saturated heterocycles. The summed E-state index contributed by atoms with van der Waals surface area (Å²) in [4.78, 5) is 16.1. The third-order valence-electron chi connectivity index (χ3n) is 4.17. The minimum Gasteiger partial charge on any atom is -0.508 e. The molecule has 0 unspecified atom stereocenters. The number of phenolic OH excluding ortho intramolecular Hbond substituents is 1. The molecule has 0 spiro atoms. The number of aromatic hydroxyl groups is 1. The van der Waals surface area contributed by atoms with Crippen molar-refractivity contribution in [3.8, 4) is 22.8 Å². The molecule has 1 amide bonds. The fourth-order valence-electron chi connectivity index (χ4n) is 2.95. The van der Waals surface area contributed by atoms with Gasteiger partial charge in [-0.25, -0.2) is 4.98 Å². The fourth-order valence-corrected chi connectivity index (χ4v) is 2.95. The van der Waals surface area contributed by atoms with Gasteiger partial charge in [-0.2, -0.15) is 0 Å². The van der Waals surface area contributed by atoms with Crippen LogP contribution >= 0.6 is 0 Å². The summed E-state index contributed by atoms with van der Waals surface area (Å²) in [5.74, 6) is -0.0828. The highest BCUT2D eigenvalue weighted by molar-refractivity contribution is 6.07. The second kappa shape index (κ2) is 5.45. The second-order valence-electron chi connectivity index (χ2n) is 5.59. The van der Waals surface area contributed by atoms with Gasteiger partial charge in [-0.3, -0.25) is 9.20 Å². The third kappa shape index (κ3) is 2.13. The van der Waals surface area contributed by atoms with Gasteiger partial charge in [0.1, 0.15) is 11.3 Å². The molecule has 0 radical (unpaired) electrons. The van der Waals surface area contributed by atoms with Crippen LogP contribution in [0.5, 0.6) is 11.6 Å². The molecule has 2 aromatic heterocycles. The summed E-state index contributed by atoms with van der Waals surface area (Å²) in [6, 6.07) is 3.41. The zero-order valence-electron chi connectivity index (χ0n) is 13.6. The number of nitrogens with two attached hydrogens (primary N) is 2. The van der Waals surface area contributed by atoms with E-state index in [-0.39, 0.29) is 17.0 Å². The Hall–Kier alpha value is -3.22. The van der Waals surface area contributed by atoms with Crippen LogP contribution in [0, 0.1) is 13.8 Å². The molecule has 0 aliphatic heterocycles. The number of benzene rings is 1. The summed E-state index contributed by atoms with van der Waals surface area (Å²) in [5.41, 5.74) is 15.3. The Morgan fingerprint density at radius 2 is 2.04 bits per heavy atom. The van der Waals surface area contributed by atoms with Gasteiger partial charge in [-0.05, 0) is 36.6 Å². The Balaban J connectivity index is 2.48. The normalized spacial score (nSPS) is 11.0. The molecule has 0 saturated carbocycles. The molecule has 2 heterocycles. The maximum Gasteiger partial charge on any atom is 0.254 e. The lowest BCUT2D eigenvalue weighted by Crippen LogP contribution is -2.16. The largest absolute Gasteiger partial charge is 0.508 e. The number of anilines is 1. The van der Waals surface area contributed by atoms with E-state index in [9.17, 15) is 9.90 Å². The topological polar surface area (TPSA) is 116 Å². The first kappa shape index (κ1) is 15.7. The van der Waals surface area contributed by atoms with Crippen molar-refractivity contribution in [3.63, 3.8) is 0 Å². The molecule has 7 nitrogen and oxygen atoms in total. The monoisotopic (exact) mass is 326 g/mol. The number of rotatable bonds is 3. The molecule has 5 N–H and O–H groups in total. The zero-order valence-corrected chi connectivity index (χ0v) is 13.6. The van der Waals surface area contributed by atoms with Crippen molar-refractivity contribution in [2.75, 3.05) is 12.8 Å². The summed E-state index contributed by atoms with van der Waals surface area (Å²) in [7, 11) is 1.51. The van der Waals surface area contributed by atoms with Gasteiger partial charge in [0, 0.05) is 11.8 Å². The van der Waals surface area contributed by atoms with E-state index < -0.39 is 5.91 Å². The summed E-state index contributed by atoms with van der Waals surface area (Å²) >= 11 is 0. The van der Waals surface area contributed by atoms with Gasteiger partial charge >= 0.3 is 0 Å². The van der Waals surface area contributed by atoms with E-state index in [0.29, 0.717) is 22.7 Å². The lowest BCUT2D eigenvalue weighted by Gasteiger charge is -2.16. The molecule has 0 bridgehead atoms. The summed E-state index contributed by atoms with van der Waals surface area (Å²) < 4.78 is 6.90. The maximum atomic E-state index is 12.0. The van der Waals surface area contributed by atoms with Crippen LogP contribution in [0.1, 0.15) is 21.5 Å². The highest BCUT2D eigenvalue weighted by Gasteiger charge is 2.22. The lowest BCUT2D eigenvalue weighted by atomic mass is 9.93. The van der Waals surface area contributed by atoms with Crippen molar-refractivity contribution in [3.05, 3.63) is 41.2 Å². The number of hydrogen-bond donors (Lipinski definition) is 3. The SMILES string of the molecule is COc1cnc2c(C(N)=O)c(N)c(-c3c(C)ccc(O)c3C)cn12. The molecule has 3 aromatic rings. The average molecular weight is 326 g/mol. The van der Waals surface area contributed by atoms with Crippen LogP contribution in [0.3, 0.4) is 0 Å². The van der Waals surface area contributed by atoms with Gasteiger partial charge < -0.3 is 21.3 Å². The number of phenols is 1. The van der Waals surface area contributed by atoms with Gasteiger partial charge in [-0.1, -0.05) is 6.07 Å². The first-order valence-electron chi connectivity index (χ1n) is 7.29. The number of ether oxygens (including phenoxy) is 1. The van der Waals surface area contributed by atoms with Crippen LogP contribution < -0.4 is 16.2 Å². The molecule has 0 fully saturated rings. The first-order chi connectivity index (χ1) is 11.4. The van der Waals surface area contributed by atoms with Gasteiger partial charge in [0.15, 0.2) is 5.65 Å². The number of carbonyl (C=O) groups excluding carboxylic acids is 1. The minimum absolute atomic E-state index is 0.123. The molecule has 0 aliphatic rings. The molecule has 7 heteroatoms. The predicted octanol–water partition coefficient (Wildman–Crippen LogP) is 2.01. The van der Waals surface area contributed by atoms with E-state index in [4.69, 9.17) is 16.2 Å². The molecular formula is C17H18N4O3. The maximum absolute atomic E-state index is 12.0. The second-order valence-corrected chi connectivity index (χ2v) is 5.59. The number of primary amides is 1. The first-order valence-corrected chi connectivity index (χ1v) is 7.29. The van der Waals surface area contributed by atoms with E-state index in [2.05, 4.69) is 4.98 Å².